The van der Waals surface area contributed by atoms with Gasteiger partial charge in [0.1, 0.15) is 0 Å². The summed E-state index contributed by atoms with van der Waals surface area (Å²) in [5.41, 5.74) is 6.54. The molecule has 0 radical (unpaired) electrons. The Bertz CT molecular complexity index is 250. The molecule has 1 aliphatic rings. The third-order valence-corrected chi connectivity index (χ3v) is 4.76. The van der Waals surface area contributed by atoms with E-state index in [0.29, 0.717) is 17.9 Å². The Morgan fingerprint density at radius 1 is 1.11 bits per heavy atom. The fraction of sp³-hybridized carbons (Fsp3) is 1.00. The molecule has 114 valence electrons. The number of likely N-dealkylation sites (tertiary alicyclic amines) is 1. The number of hydrogen-bond acceptors (Lipinski definition) is 2. The summed E-state index contributed by atoms with van der Waals surface area (Å²) >= 11 is 0. The van der Waals surface area contributed by atoms with E-state index >= 15 is 0 Å². The highest BCUT2D eigenvalue weighted by molar-refractivity contribution is 5.01. The summed E-state index contributed by atoms with van der Waals surface area (Å²) in [5.74, 6) is 1.43. The zero-order chi connectivity index (χ0) is 14.6. The largest absolute Gasteiger partial charge is 0.329 e. The van der Waals surface area contributed by atoms with Crippen LogP contribution in [0.5, 0.6) is 0 Å². The van der Waals surface area contributed by atoms with E-state index in [1.54, 1.807) is 0 Å². The van der Waals surface area contributed by atoms with Gasteiger partial charge in [-0.2, -0.15) is 0 Å². The molecular formula is C17H36N2. The lowest BCUT2D eigenvalue weighted by Crippen LogP contribution is -2.59. The summed E-state index contributed by atoms with van der Waals surface area (Å²) in [6.45, 7) is 14.9. The lowest BCUT2D eigenvalue weighted by molar-refractivity contribution is 0.0136. The van der Waals surface area contributed by atoms with Crippen LogP contribution in [0.25, 0.3) is 0 Å². The Balaban J connectivity index is 3.04. The Morgan fingerprint density at radius 2 is 1.63 bits per heavy atom. The molecule has 2 atom stereocenters. The minimum Gasteiger partial charge on any atom is -0.329 e. The lowest BCUT2D eigenvalue weighted by atomic mass is 9.79. The van der Waals surface area contributed by atoms with Crippen LogP contribution in [0.15, 0.2) is 0 Å². The van der Waals surface area contributed by atoms with Gasteiger partial charge >= 0.3 is 0 Å². The maximum Gasteiger partial charge on any atom is 0.0342 e. The molecule has 1 aliphatic heterocycles. The second-order valence-electron chi connectivity index (χ2n) is 7.52. The van der Waals surface area contributed by atoms with Crippen molar-refractivity contribution in [1.29, 1.82) is 0 Å². The second kappa shape index (κ2) is 7.08. The molecule has 2 N–H and O–H groups in total. The van der Waals surface area contributed by atoms with Crippen LogP contribution in [0.4, 0.5) is 0 Å². The minimum atomic E-state index is 0.221. The van der Waals surface area contributed by atoms with E-state index < -0.39 is 0 Å². The molecule has 19 heavy (non-hydrogen) atoms. The van der Waals surface area contributed by atoms with Gasteiger partial charge in [0.25, 0.3) is 0 Å². The average molecular weight is 268 g/mol. The van der Waals surface area contributed by atoms with Crippen molar-refractivity contribution < 1.29 is 0 Å². The zero-order valence-electron chi connectivity index (χ0n) is 14.1. The fourth-order valence-electron chi connectivity index (χ4n) is 4.41. The highest BCUT2D eigenvalue weighted by Crippen LogP contribution is 2.40. The van der Waals surface area contributed by atoms with Crippen molar-refractivity contribution in [3.63, 3.8) is 0 Å². The van der Waals surface area contributed by atoms with Gasteiger partial charge in [-0.3, -0.25) is 4.90 Å². The third-order valence-electron chi connectivity index (χ3n) is 4.76. The molecule has 1 saturated heterocycles. The number of hydrogen-bond donors (Lipinski definition) is 1. The summed E-state index contributed by atoms with van der Waals surface area (Å²) in [6.07, 6.45) is 6.44. The summed E-state index contributed by atoms with van der Waals surface area (Å²) < 4.78 is 0. The van der Waals surface area contributed by atoms with Crippen molar-refractivity contribution in [2.45, 2.75) is 91.3 Å². The molecule has 1 rings (SSSR count). The van der Waals surface area contributed by atoms with Crippen LogP contribution in [0.2, 0.25) is 0 Å². The van der Waals surface area contributed by atoms with E-state index in [2.05, 4.69) is 46.4 Å². The van der Waals surface area contributed by atoms with Gasteiger partial charge in [0.05, 0.1) is 0 Å². The quantitative estimate of drug-likeness (QED) is 0.755. The molecule has 2 nitrogen and oxygen atoms in total. The van der Waals surface area contributed by atoms with E-state index in [1.807, 2.05) is 0 Å². The molecular weight excluding hydrogens is 232 g/mol. The summed E-state index contributed by atoms with van der Waals surface area (Å²) in [7, 11) is 0. The first kappa shape index (κ1) is 17.0. The van der Waals surface area contributed by atoms with Gasteiger partial charge in [0, 0.05) is 24.2 Å². The molecule has 0 bridgehead atoms. The normalized spacial score (nSPS) is 25.7. The maximum atomic E-state index is 6.32. The summed E-state index contributed by atoms with van der Waals surface area (Å²) in [5, 5.41) is 0. The predicted molar refractivity (Wildman–Crippen MR) is 85.3 cm³/mol. The van der Waals surface area contributed by atoms with E-state index in [-0.39, 0.29) is 5.54 Å². The van der Waals surface area contributed by atoms with Crippen LogP contribution in [0, 0.1) is 11.8 Å². The van der Waals surface area contributed by atoms with E-state index in [0.717, 1.165) is 12.6 Å². The van der Waals surface area contributed by atoms with Crippen LogP contribution >= 0.6 is 0 Å². The molecule has 0 aromatic rings. The highest BCUT2D eigenvalue weighted by Gasteiger charge is 2.44. The van der Waals surface area contributed by atoms with Gasteiger partial charge < -0.3 is 5.73 Å². The maximum absolute atomic E-state index is 6.32. The van der Waals surface area contributed by atoms with E-state index in [1.165, 1.54) is 32.1 Å². The van der Waals surface area contributed by atoms with Crippen LogP contribution in [0.3, 0.4) is 0 Å². The van der Waals surface area contributed by atoms with Gasteiger partial charge in [0.15, 0.2) is 0 Å². The molecule has 0 aromatic carbocycles. The van der Waals surface area contributed by atoms with E-state index in [9.17, 15) is 0 Å². The smallest absolute Gasteiger partial charge is 0.0342 e. The van der Waals surface area contributed by atoms with Gasteiger partial charge in [-0.15, -0.1) is 0 Å². The highest BCUT2D eigenvalue weighted by atomic mass is 15.3. The van der Waals surface area contributed by atoms with Crippen molar-refractivity contribution >= 4 is 0 Å². The Hall–Kier alpha value is -0.0800. The first-order valence-corrected chi connectivity index (χ1v) is 8.34. The Morgan fingerprint density at radius 3 is 2.00 bits per heavy atom. The predicted octanol–water partition coefficient (Wildman–Crippen LogP) is 4.04. The Labute approximate surface area is 121 Å². The SMILES string of the molecule is CCC1CCC(C)N1C(CN)(CC(C)C)CC(C)C. The molecule has 2 unspecified atom stereocenters. The molecule has 0 amide bonds. The summed E-state index contributed by atoms with van der Waals surface area (Å²) in [6, 6.07) is 1.45. The Kier molecular flexibility index (Phi) is 6.32. The number of rotatable bonds is 7. The standard InChI is InChI=1S/C17H36N2/c1-7-16-9-8-15(6)19(16)17(12-18,10-13(2)3)11-14(4)5/h13-16H,7-12,18H2,1-6H3. The monoisotopic (exact) mass is 268 g/mol. The molecule has 2 heteroatoms. The molecule has 0 saturated carbocycles. The molecule has 1 fully saturated rings. The molecule has 1 heterocycles. The van der Waals surface area contributed by atoms with Crippen molar-refractivity contribution in [2.24, 2.45) is 17.6 Å². The first-order valence-electron chi connectivity index (χ1n) is 8.34. The minimum absolute atomic E-state index is 0.221. The van der Waals surface area contributed by atoms with Crippen LogP contribution in [0.1, 0.15) is 73.6 Å². The topological polar surface area (TPSA) is 29.3 Å². The number of nitrogens with two attached hydrogens (primary N) is 1. The van der Waals surface area contributed by atoms with Crippen LogP contribution in [-0.2, 0) is 0 Å². The van der Waals surface area contributed by atoms with Gasteiger partial charge in [-0.25, -0.2) is 0 Å². The second-order valence-corrected chi connectivity index (χ2v) is 7.52. The van der Waals surface area contributed by atoms with Gasteiger partial charge in [-0.1, -0.05) is 34.6 Å². The van der Waals surface area contributed by atoms with Gasteiger partial charge in [0.2, 0.25) is 0 Å². The molecule has 0 aliphatic carbocycles. The molecule has 0 aromatic heterocycles. The number of nitrogens with zero attached hydrogens (tertiary/aromatic N) is 1. The van der Waals surface area contributed by atoms with Gasteiger partial charge in [-0.05, 0) is 50.9 Å². The van der Waals surface area contributed by atoms with Crippen LogP contribution < -0.4 is 5.73 Å². The molecule has 0 spiro atoms. The lowest BCUT2D eigenvalue weighted by Gasteiger charge is -2.49. The van der Waals surface area contributed by atoms with Crippen molar-refractivity contribution in [2.75, 3.05) is 6.54 Å². The fourth-order valence-corrected chi connectivity index (χ4v) is 4.41. The zero-order valence-corrected chi connectivity index (χ0v) is 14.1. The first-order chi connectivity index (χ1) is 8.86. The average Bonchev–Trinajstić information content (AvgIpc) is 2.68. The van der Waals surface area contributed by atoms with E-state index in [4.69, 9.17) is 5.73 Å². The summed E-state index contributed by atoms with van der Waals surface area (Å²) in [4.78, 5) is 2.81. The van der Waals surface area contributed by atoms with Crippen LogP contribution in [-0.4, -0.2) is 29.1 Å². The van der Waals surface area contributed by atoms with Crippen molar-refractivity contribution in [3.05, 3.63) is 0 Å². The third kappa shape index (κ3) is 3.95. The van der Waals surface area contributed by atoms with Crippen molar-refractivity contribution in [1.82, 2.24) is 4.90 Å². The van der Waals surface area contributed by atoms with Crippen molar-refractivity contribution in [3.8, 4) is 0 Å².